The van der Waals surface area contributed by atoms with Crippen LogP contribution in [0.15, 0.2) is 64.6 Å². The Labute approximate surface area is 171 Å². The first kappa shape index (κ1) is 17.8. The highest BCUT2D eigenvalue weighted by Crippen LogP contribution is 2.43. The molecule has 1 fully saturated rings. The molecule has 1 amide bonds. The second kappa shape index (κ2) is 7.60. The first-order valence-corrected chi connectivity index (χ1v) is 11.3. The molecule has 1 aliphatic carbocycles. The standard InChI is InChI=1S/C20H19N5OS2/c26-19(13-28-20-21-22-23-25(20)15-10-11-15)24-16-8-4-5-9-18(16)27-12-17(24)14-6-2-1-3-7-14/h1-9,15,17H,10-13H2/t17-/m0/s1. The Hall–Kier alpha value is -2.32. The van der Waals surface area contributed by atoms with Crippen LogP contribution in [0.25, 0.3) is 0 Å². The number of carbonyl (C=O) groups excluding carboxylic acids is 1. The normalized spacial score (nSPS) is 18.7. The van der Waals surface area contributed by atoms with Crippen LogP contribution in [0.5, 0.6) is 0 Å². The molecule has 8 heteroatoms. The zero-order valence-corrected chi connectivity index (χ0v) is 16.8. The molecule has 2 aromatic carbocycles. The fourth-order valence-electron chi connectivity index (χ4n) is 3.44. The first-order chi connectivity index (χ1) is 13.8. The monoisotopic (exact) mass is 409 g/mol. The topological polar surface area (TPSA) is 63.9 Å². The van der Waals surface area contributed by atoms with E-state index < -0.39 is 0 Å². The van der Waals surface area contributed by atoms with Gasteiger partial charge in [0.15, 0.2) is 0 Å². The van der Waals surface area contributed by atoms with E-state index in [1.165, 1.54) is 11.8 Å². The molecule has 28 heavy (non-hydrogen) atoms. The van der Waals surface area contributed by atoms with E-state index in [-0.39, 0.29) is 11.9 Å². The Morgan fingerprint density at radius 1 is 1.11 bits per heavy atom. The van der Waals surface area contributed by atoms with Crippen LogP contribution < -0.4 is 4.90 Å². The average Bonchev–Trinajstić information content (AvgIpc) is 3.49. The molecule has 2 heterocycles. The number of para-hydroxylation sites is 1. The molecule has 1 aromatic heterocycles. The molecule has 0 saturated heterocycles. The lowest BCUT2D eigenvalue weighted by Gasteiger charge is -2.37. The Bertz CT molecular complexity index is 989. The van der Waals surface area contributed by atoms with Crippen molar-refractivity contribution in [2.45, 2.75) is 35.0 Å². The highest BCUT2D eigenvalue weighted by atomic mass is 32.2. The number of aromatic nitrogens is 4. The van der Waals surface area contributed by atoms with Crippen LogP contribution in [0.2, 0.25) is 0 Å². The summed E-state index contributed by atoms with van der Waals surface area (Å²) in [5.74, 6) is 1.24. The Kier molecular flexibility index (Phi) is 4.82. The van der Waals surface area contributed by atoms with Gasteiger partial charge in [0.05, 0.1) is 23.5 Å². The molecular weight excluding hydrogens is 390 g/mol. The van der Waals surface area contributed by atoms with Crippen molar-refractivity contribution in [3.8, 4) is 0 Å². The molecule has 1 atom stereocenters. The molecule has 0 N–H and O–H groups in total. The molecule has 1 saturated carbocycles. The average molecular weight is 410 g/mol. The summed E-state index contributed by atoms with van der Waals surface area (Å²) >= 11 is 3.23. The highest BCUT2D eigenvalue weighted by molar-refractivity contribution is 8.00. The van der Waals surface area contributed by atoms with E-state index in [1.54, 1.807) is 11.8 Å². The molecule has 142 valence electrons. The number of benzene rings is 2. The number of hydrogen-bond acceptors (Lipinski definition) is 6. The number of anilines is 1. The second-order valence-corrected chi connectivity index (χ2v) is 8.90. The number of rotatable bonds is 5. The summed E-state index contributed by atoms with van der Waals surface area (Å²) in [4.78, 5) is 16.5. The van der Waals surface area contributed by atoms with E-state index in [0.717, 1.165) is 39.9 Å². The maximum absolute atomic E-state index is 13.4. The van der Waals surface area contributed by atoms with Gasteiger partial charge in [0.1, 0.15) is 0 Å². The van der Waals surface area contributed by atoms with Crippen LogP contribution in [-0.4, -0.2) is 37.6 Å². The van der Waals surface area contributed by atoms with Crippen molar-refractivity contribution in [1.29, 1.82) is 0 Å². The van der Waals surface area contributed by atoms with Gasteiger partial charge in [-0.25, -0.2) is 4.68 Å². The third kappa shape index (κ3) is 3.42. The largest absolute Gasteiger partial charge is 0.302 e. The summed E-state index contributed by atoms with van der Waals surface area (Å²) in [5, 5.41) is 12.7. The summed E-state index contributed by atoms with van der Waals surface area (Å²) < 4.78 is 1.85. The number of nitrogens with zero attached hydrogens (tertiary/aromatic N) is 5. The van der Waals surface area contributed by atoms with Crippen LogP contribution in [0, 0.1) is 0 Å². The van der Waals surface area contributed by atoms with Gasteiger partial charge >= 0.3 is 0 Å². The van der Waals surface area contributed by atoms with Gasteiger partial charge in [-0.05, 0) is 41.0 Å². The summed E-state index contributed by atoms with van der Waals surface area (Å²) in [6, 6.07) is 18.8. The van der Waals surface area contributed by atoms with Crippen LogP contribution in [0.3, 0.4) is 0 Å². The third-order valence-electron chi connectivity index (χ3n) is 4.97. The number of carbonyl (C=O) groups is 1. The van der Waals surface area contributed by atoms with E-state index >= 15 is 0 Å². The maximum Gasteiger partial charge on any atom is 0.238 e. The minimum Gasteiger partial charge on any atom is -0.302 e. The van der Waals surface area contributed by atoms with Gasteiger partial charge in [-0.15, -0.1) is 16.9 Å². The molecule has 0 bridgehead atoms. The minimum absolute atomic E-state index is 0.0219. The molecule has 3 aromatic rings. The fraction of sp³-hybridized carbons (Fsp3) is 0.300. The zero-order valence-electron chi connectivity index (χ0n) is 15.1. The highest BCUT2D eigenvalue weighted by Gasteiger charge is 2.33. The Balaban J connectivity index is 1.42. The zero-order chi connectivity index (χ0) is 18.9. The quantitative estimate of drug-likeness (QED) is 0.594. The molecule has 0 spiro atoms. The van der Waals surface area contributed by atoms with Crippen molar-refractivity contribution in [2.24, 2.45) is 0 Å². The predicted octanol–water partition coefficient (Wildman–Crippen LogP) is 3.98. The number of amides is 1. The van der Waals surface area contributed by atoms with E-state index in [9.17, 15) is 4.79 Å². The van der Waals surface area contributed by atoms with E-state index in [4.69, 9.17) is 0 Å². The van der Waals surface area contributed by atoms with Crippen molar-refractivity contribution in [2.75, 3.05) is 16.4 Å². The summed E-state index contributed by atoms with van der Waals surface area (Å²) in [5.41, 5.74) is 2.14. The molecule has 0 unspecified atom stereocenters. The first-order valence-electron chi connectivity index (χ1n) is 9.31. The van der Waals surface area contributed by atoms with Crippen molar-refractivity contribution < 1.29 is 4.79 Å². The SMILES string of the molecule is O=C(CSc1nnnn1C1CC1)N1c2ccccc2SC[C@H]1c1ccccc1. The molecule has 1 aliphatic heterocycles. The number of hydrogen-bond donors (Lipinski definition) is 0. The number of thioether (sulfide) groups is 2. The smallest absolute Gasteiger partial charge is 0.238 e. The van der Waals surface area contributed by atoms with Crippen LogP contribution in [-0.2, 0) is 4.79 Å². The lowest BCUT2D eigenvalue weighted by molar-refractivity contribution is -0.116. The summed E-state index contributed by atoms with van der Waals surface area (Å²) in [7, 11) is 0. The van der Waals surface area contributed by atoms with Gasteiger partial charge in [-0.1, -0.05) is 54.2 Å². The van der Waals surface area contributed by atoms with E-state index in [2.05, 4.69) is 33.7 Å². The fourth-order valence-corrected chi connectivity index (χ4v) is 5.41. The van der Waals surface area contributed by atoms with Crippen molar-refractivity contribution in [1.82, 2.24) is 20.2 Å². The molecule has 5 rings (SSSR count). The van der Waals surface area contributed by atoms with Crippen LogP contribution in [0.1, 0.15) is 30.5 Å². The molecule has 6 nitrogen and oxygen atoms in total. The van der Waals surface area contributed by atoms with Gasteiger partial charge in [0.2, 0.25) is 11.1 Å². The summed E-state index contributed by atoms with van der Waals surface area (Å²) in [6.45, 7) is 0. The van der Waals surface area contributed by atoms with Crippen molar-refractivity contribution >= 4 is 35.1 Å². The third-order valence-corrected chi connectivity index (χ3v) is 7.02. The van der Waals surface area contributed by atoms with Crippen LogP contribution in [0.4, 0.5) is 5.69 Å². The van der Waals surface area contributed by atoms with Crippen LogP contribution >= 0.6 is 23.5 Å². The van der Waals surface area contributed by atoms with Crippen molar-refractivity contribution in [3.63, 3.8) is 0 Å². The number of tetrazole rings is 1. The predicted molar refractivity (Wildman–Crippen MR) is 111 cm³/mol. The molecule has 0 radical (unpaired) electrons. The lowest BCUT2D eigenvalue weighted by Crippen LogP contribution is -2.39. The lowest BCUT2D eigenvalue weighted by atomic mass is 10.1. The van der Waals surface area contributed by atoms with Gasteiger partial charge in [-0.2, -0.15) is 0 Å². The molecule has 2 aliphatic rings. The minimum atomic E-state index is 0.0219. The van der Waals surface area contributed by atoms with E-state index in [1.807, 2.05) is 46.0 Å². The van der Waals surface area contributed by atoms with Gasteiger partial charge < -0.3 is 4.90 Å². The summed E-state index contributed by atoms with van der Waals surface area (Å²) in [6.07, 6.45) is 2.22. The van der Waals surface area contributed by atoms with E-state index in [0.29, 0.717) is 11.8 Å². The Morgan fingerprint density at radius 3 is 2.71 bits per heavy atom. The molecular formula is C20H19N5OS2. The van der Waals surface area contributed by atoms with Crippen molar-refractivity contribution in [3.05, 3.63) is 60.2 Å². The van der Waals surface area contributed by atoms with Gasteiger partial charge in [0.25, 0.3) is 0 Å². The second-order valence-electron chi connectivity index (χ2n) is 6.89. The Morgan fingerprint density at radius 2 is 1.89 bits per heavy atom. The maximum atomic E-state index is 13.4. The van der Waals surface area contributed by atoms with Gasteiger partial charge in [-0.3, -0.25) is 4.79 Å². The van der Waals surface area contributed by atoms with Gasteiger partial charge in [0, 0.05) is 10.6 Å². The number of fused-ring (bicyclic) bond motifs is 1.